The van der Waals surface area contributed by atoms with Crippen LogP contribution in [0, 0.1) is 0 Å². The van der Waals surface area contributed by atoms with Gasteiger partial charge in [0.2, 0.25) is 0 Å². The maximum atomic E-state index is 12.5. The fourth-order valence-corrected chi connectivity index (χ4v) is 3.53. The molecule has 7 heteroatoms. The molecule has 1 amide bonds. The van der Waals surface area contributed by atoms with Gasteiger partial charge in [-0.05, 0) is 37.5 Å². The average molecular weight is 355 g/mol. The third-order valence-corrected chi connectivity index (χ3v) is 4.70. The Hall–Kier alpha value is -2.64. The van der Waals surface area contributed by atoms with E-state index in [2.05, 4.69) is 10.3 Å². The minimum Gasteiger partial charge on any atom is -0.493 e. The molecule has 26 heavy (non-hydrogen) atoms. The van der Waals surface area contributed by atoms with Gasteiger partial charge in [0.1, 0.15) is 11.4 Å². The second-order valence-electron chi connectivity index (χ2n) is 6.41. The van der Waals surface area contributed by atoms with Crippen LogP contribution in [0.2, 0.25) is 0 Å². The number of aliphatic hydroxyl groups excluding tert-OH is 2. The van der Waals surface area contributed by atoms with E-state index >= 15 is 0 Å². The highest BCUT2D eigenvalue weighted by atomic mass is 16.5. The molecular formula is C19H21N3O4. The van der Waals surface area contributed by atoms with Gasteiger partial charge in [0.15, 0.2) is 6.23 Å². The van der Waals surface area contributed by atoms with E-state index in [4.69, 9.17) is 9.84 Å². The molecule has 0 spiro atoms. The molecule has 2 aromatic heterocycles. The first-order valence-electron chi connectivity index (χ1n) is 8.82. The van der Waals surface area contributed by atoms with Gasteiger partial charge in [0.05, 0.1) is 12.2 Å². The van der Waals surface area contributed by atoms with Crippen molar-refractivity contribution in [1.82, 2.24) is 14.9 Å². The van der Waals surface area contributed by atoms with E-state index in [-0.39, 0.29) is 12.5 Å². The van der Waals surface area contributed by atoms with Crippen LogP contribution in [-0.4, -0.2) is 45.1 Å². The maximum Gasteiger partial charge on any atom is 0.257 e. The standard InChI is InChI=1S/C19H21N3O4/c23-9-4-8-22-11-13(12-5-3-7-20-17(12)22)15-16(19(25)21-18(15)24)14-6-1-2-10-26-14/h3,5-7,11,18,23-24H,1-2,4,8-10H2,(H,21,25). The molecule has 0 aliphatic carbocycles. The second kappa shape index (κ2) is 6.93. The van der Waals surface area contributed by atoms with Gasteiger partial charge in [-0.15, -0.1) is 0 Å². The molecule has 3 N–H and O–H groups in total. The van der Waals surface area contributed by atoms with Gasteiger partial charge in [-0.2, -0.15) is 0 Å². The summed E-state index contributed by atoms with van der Waals surface area (Å²) in [4.78, 5) is 16.9. The number of rotatable bonds is 5. The summed E-state index contributed by atoms with van der Waals surface area (Å²) in [5.74, 6) is 0.196. The summed E-state index contributed by atoms with van der Waals surface area (Å²) in [5.41, 5.74) is 2.42. The van der Waals surface area contributed by atoms with Crippen molar-refractivity contribution in [3.63, 3.8) is 0 Å². The summed E-state index contributed by atoms with van der Waals surface area (Å²) < 4.78 is 7.63. The van der Waals surface area contributed by atoms with Crippen LogP contribution in [0.4, 0.5) is 0 Å². The Balaban J connectivity index is 1.90. The number of pyridine rings is 1. The van der Waals surface area contributed by atoms with Crippen LogP contribution in [0.1, 0.15) is 24.8 Å². The zero-order valence-corrected chi connectivity index (χ0v) is 14.3. The number of aryl methyl sites for hydroxylation is 1. The van der Waals surface area contributed by atoms with Crippen molar-refractivity contribution in [2.75, 3.05) is 13.2 Å². The minimum atomic E-state index is -1.10. The molecule has 0 saturated carbocycles. The van der Waals surface area contributed by atoms with E-state index in [0.29, 0.717) is 36.5 Å². The number of hydrogen-bond donors (Lipinski definition) is 3. The first kappa shape index (κ1) is 16.8. The van der Waals surface area contributed by atoms with Crippen molar-refractivity contribution in [2.45, 2.75) is 32.0 Å². The number of aromatic nitrogens is 2. The number of fused-ring (bicyclic) bond motifs is 1. The summed E-state index contributed by atoms with van der Waals surface area (Å²) in [6.07, 6.45) is 6.75. The number of amides is 1. The Kier molecular flexibility index (Phi) is 4.48. The summed E-state index contributed by atoms with van der Waals surface area (Å²) in [6, 6.07) is 3.75. The Labute approximate surface area is 150 Å². The van der Waals surface area contributed by atoms with Crippen LogP contribution in [-0.2, 0) is 16.1 Å². The molecule has 2 aromatic rings. The fraction of sp³-hybridized carbons (Fsp3) is 0.368. The van der Waals surface area contributed by atoms with Crippen LogP contribution in [0.25, 0.3) is 16.6 Å². The number of carbonyl (C=O) groups is 1. The van der Waals surface area contributed by atoms with Gasteiger partial charge in [0, 0.05) is 42.1 Å². The van der Waals surface area contributed by atoms with E-state index in [1.165, 1.54) is 0 Å². The summed E-state index contributed by atoms with van der Waals surface area (Å²) in [5, 5.41) is 23.1. The monoisotopic (exact) mass is 355 g/mol. The average Bonchev–Trinajstić information content (AvgIpc) is 3.17. The van der Waals surface area contributed by atoms with Crippen molar-refractivity contribution in [1.29, 1.82) is 0 Å². The Morgan fingerprint density at radius 1 is 1.42 bits per heavy atom. The number of hydrogen-bond acceptors (Lipinski definition) is 5. The van der Waals surface area contributed by atoms with Crippen LogP contribution in [0.3, 0.4) is 0 Å². The molecular weight excluding hydrogens is 334 g/mol. The van der Waals surface area contributed by atoms with Crippen LogP contribution >= 0.6 is 0 Å². The molecule has 2 aliphatic heterocycles. The van der Waals surface area contributed by atoms with Gasteiger partial charge < -0.3 is 24.8 Å². The van der Waals surface area contributed by atoms with Gasteiger partial charge in [-0.1, -0.05) is 0 Å². The molecule has 1 unspecified atom stereocenters. The van der Waals surface area contributed by atoms with E-state index < -0.39 is 6.23 Å². The highest BCUT2D eigenvalue weighted by Gasteiger charge is 2.36. The summed E-state index contributed by atoms with van der Waals surface area (Å²) in [6.45, 7) is 1.24. The van der Waals surface area contributed by atoms with Crippen LogP contribution < -0.4 is 5.32 Å². The number of allylic oxidation sites excluding steroid dienone is 1. The van der Waals surface area contributed by atoms with Crippen molar-refractivity contribution in [3.8, 4) is 0 Å². The molecule has 7 nitrogen and oxygen atoms in total. The molecule has 4 rings (SSSR count). The lowest BCUT2D eigenvalue weighted by Crippen LogP contribution is -2.28. The van der Waals surface area contributed by atoms with Crippen molar-refractivity contribution < 1.29 is 19.7 Å². The SMILES string of the molecule is O=C1NC(O)C(c2cn(CCCO)c3ncccc23)=C1C1=CCCCO1. The topological polar surface area (TPSA) is 96.6 Å². The van der Waals surface area contributed by atoms with E-state index in [1.807, 2.05) is 29.0 Å². The first-order chi connectivity index (χ1) is 12.7. The van der Waals surface area contributed by atoms with E-state index in [9.17, 15) is 9.90 Å². The number of ether oxygens (including phenoxy) is 1. The Morgan fingerprint density at radius 2 is 2.31 bits per heavy atom. The van der Waals surface area contributed by atoms with Gasteiger partial charge in [-0.3, -0.25) is 4.79 Å². The summed E-state index contributed by atoms with van der Waals surface area (Å²) in [7, 11) is 0. The fourth-order valence-electron chi connectivity index (χ4n) is 3.53. The molecule has 0 fully saturated rings. The molecule has 136 valence electrons. The van der Waals surface area contributed by atoms with Gasteiger partial charge in [-0.25, -0.2) is 4.98 Å². The van der Waals surface area contributed by atoms with E-state index in [0.717, 1.165) is 29.4 Å². The predicted molar refractivity (Wildman–Crippen MR) is 95.8 cm³/mol. The van der Waals surface area contributed by atoms with Crippen LogP contribution in [0.5, 0.6) is 0 Å². The smallest absolute Gasteiger partial charge is 0.257 e. The molecule has 0 aromatic carbocycles. The van der Waals surface area contributed by atoms with E-state index in [1.54, 1.807) is 6.20 Å². The molecule has 1 atom stereocenters. The lowest BCUT2D eigenvalue weighted by molar-refractivity contribution is -0.118. The highest BCUT2D eigenvalue weighted by Crippen LogP contribution is 2.36. The highest BCUT2D eigenvalue weighted by molar-refractivity contribution is 6.12. The Bertz CT molecular complexity index is 913. The first-order valence-corrected chi connectivity index (χ1v) is 8.82. The van der Waals surface area contributed by atoms with Crippen molar-refractivity contribution >= 4 is 22.5 Å². The number of aliphatic hydroxyl groups is 2. The van der Waals surface area contributed by atoms with Crippen LogP contribution in [0.15, 0.2) is 41.9 Å². The zero-order chi connectivity index (χ0) is 18.1. The quantitative estimate of drug-likeness (QED) is 0.752. The normalized spacial score (nSPS) is 20.3. The maximum absolute atomic E-state index is 12.5. The summed E-state index contributed by atoms with van der Waals surface area (Å²) >= 11 is 0. The zero-order valence-electron chi connectivity index (χ0n) is 14.3. The molecule has 0 saturated heterocycles. The molecule has 4 heterocycles. The minimum absolute atomic E-state index is 0.0825. The lowest BCUT2D eigenvalue weighted by Gasteiger charge is -2.16. The molecule has 0 bridgehead atoms. The number of nitrogens with zero attached hydrogens (tertiary/aromatic N) is 2. The number of carbonyl (C=O) groups excluding carboxylic acids is 1. The molecule has 2 aliphatic rings. The van der Waals surface area contributed by atoms with Gasteiger partial charge >= 0.3 is 0 Å². The second-order valence-corrected chi connectivity index (χ2v) is 6.41. The largest absolute Gasteiger partial charge is 0.493 e. The molecule has 0 radical (unpaired) electrons. The predicted octanol–water partition coefficient (Wildman–Crippen LogP) is 1.31. The Morgan fingerprint density at radius 3 is 3.08 bits per heavy atom. The third kappa shape index (κ3) is 2.79. The van der Waals surface area contributed by atoms with Gasteiger partial charge in [0.25, 0.3) is 5.91 Å². The lowest BCUT2D eigenvalue weighted by atomic mass is 9.98. The van der Waals surface area contributed by atoms with Crippen molar-refractivity contribution in [2.24, 2.45) is 0 Å². The number of nitrogens with one attached hydrogen (secondary N) is 1. The third-order valence-electron chi connectivity index (χ3n) is 4.70. The van der Waals surface area contributed by atoms with Crippen molar-refractivity contribution in [3.05, 3.63) is 47.5 Å².